The van der Waals surface area contributed by atoms with Crippen molar-refractivity contribution in [1.29, 1.82) is 0 Å². The maximum Gasteiger partial charge on any atom is 0.0377 e. The molecular formula is C15H21BrN2. The molecule has 1 N–H and O–H groups in total. The second-order valence-electron chi connectivity index (χ2n) is 5.66. The third-order valence-electron chi connectivity index (χ3n) is 4.50. The van der Waals surface area contributed by atoms with Crippen molar-refractivity contribution in [3.05, 3.63) is 28.2 Å². The van der Waals surface area contributed by atoms with Crippen LogP contribution in [0.5, 0.6) is 0 Å². The van der Waals surface area contributed by atoms with Crippen LogP contribution in [0.4, 0.5) is 5.69 Å². The van der Waals surface area contributed by atoms with Crippen LogP contribution in [0.1, 0.15) is 24.8 Å². The first-order valence-electron chi connectivity index (χ1n) is 6.96. The summed E-state index contributed by atoms with van der Waals surface area (Å²) in [6.45, 7) is 3.46. The van der Waals surface area contributed by atoms with Gasteiger partial charge in [-0.2, -0.15) is 0 Å². The van der Waals surface area contributed by atoms with E-state index in [0.717, 1.165) is 18.4 Å². The lowest BCUT2D eigenvalue weighted by molar-refractivity contribution is 0.494. The topological polar surface area (TPSA) is 15.3 Å². The Morgan fingerprint density at radius 2 is 2.00 bits per heavy atom. The third-order valence-corrected chi connectivity index (χ3v) is 5.23. The molecule has 2 atom stereocenters. The molecule has 1 saturated carbocycles. The van der Waals surface area contributed by atoms with E-state index in [1.54, 1.807) is 0 Å². The van der Waals surface area contributed by atoms with Crippen molar-refractivity contribution >= 4 is 21.6 Å². The average molecular weight is 309 g/mol. The SMILES string of the molecule is CNCc1ccc(N2CC3CCCC3C2)cc1Br. The van der Waals surface area contributed by atoms with Crippen molar-refractivity contribution in [2.75, 3.05) is 25.0 Å². The molecule has 0 aromatic heterocycles. The molecule has 2 nitrogen and oxygen atoms in total. The molecule has 3 rings (SSSR count). The molecule has 1 aromatic rings. The van der Waals surface area contributed by atoms with E-state index in [9.17, 15) is 0 Å². The smallest absolute Gasteiger partial charge is 0.0377 e. The van der Waals surface area contributed by atoms with Crippen LogP contribution in [0.25, 0.3) is 0 Å². The average Bonchev–Trinajstić information content (AvgIpc) is 2.92. The molecule has 1 aromatic carbocycles. The fraction of sp³-hybridized carbons (Fsp3) is 0.600. The van der Waals surface area contributed by atoms with Crippen LogP contribution in [-0.4, -0.2) is 20.1 Å². The van der Waals surface area contributed by atoms with Gasteiger partial charge in [-0.3, -0.25) is 0 Å². The Balaban J connectivity index is 1.75. The maximum atomic E-state index is 3.69. The third kappa shape index (κ3) is 2.30. The Hall–Kier alpha value is -0.540. The molecule has 2 aliphatic rings. The van der Waals surface area contributed by atoms with E-state index in [1.807, 2.05) is 7.05 Å². The first kappa shape index (κ1) is 12.5. The predicted molar refractivity (Wildman–Crippen MR) is 79.9 cm³/mol. The Morgan fingerprint density at radius 3 is 2.61 bits per heavy atom. The van der Waals surface area contributed by atoms with Gasteiger partial charge in [-0.25, -0.2) is 0 Å². The van der Waals surface area contributed by atoms with E-state index in [1.165, 1.54) is 48.1 Å². The summed E-state index contributed by atoms with van der Waals surface area (Å²) < 4.78 is 1.23. The zero-order chi connectivity index (χ0) is 12.5. The van der Waals surface area contributed by atoms with Crippen molar-refractivity contribution in [2.45, 2.75) is 25.8 Å². The molecule has 0 bridgehead atoms. The van der Waals surface area contributed by atoms with E-state index in [-0.39, 0.29) is 0 Å². The number of rotatable bonds is 3. The molecule has 0 amide bonds. The number of hydrogen-bond donors (Lipinski definition) is 1. The molecule has 0 radical (unpaired) electrons. The Kier molecular flexibility index (Phi) is 3.62. The quantitative estimate of drug-likeness (QED) is 0.920. The van der Waals surface area contributed by atoms with E-state index in [4.69, 9.17) is 0 Å². The van der Waals surface area contributed by atoms with Crippen LogP contribution in [0, 0.1) is 11.8 Å². The van der Waals surface area contributed by atoms with Crippen molar-refractivity contribution in [2.24, 2.45) is 11.8 Å². The molecular weight excluding hydrogens is 288 g/mol. The molecule has 18 heavy (non-hydrogen) atoms. The summed E-state index contributed by atoms with van der Waals surface area (Å²) in [5, 5.41) is 3.20. The van der Waals surface area contributed by atoms with Crippen LogP contribution < -0.4 is 10.2 Å². The lowest BCUT2D eigenvalue weighted by Gasteiger charge is -2.20. The summed E-state index contributed by atoms with van der Waals surface area (Å²) in [5.41, 5.74) is 2.72. The molecule has 98 valence electrons. The Morgan fingerprint density at radius 1 is 1.28 bits per heavy atom. The lowest BCUT2D eigenvalue weighted by Crippen LogP contribution is -2.20. The van der Waals surface area contributed by atoms with Crippen molar-refractivity contribution in [1.82, 2.24) is 5.32 Å². The highest BCUT2D eigenvalue weighted by Gasteiger charge is 2.36. The Bertz CT molecular complexity index is 421. The molecule has 1 aliphatic heterocycles. The largest absolute Gasteiger partial charge is 0.371 e. The molecule has 1 aliphatic carbocycles. The van der Waals surface area contributed by atoms with E-state index in [0.29, 0.717) is 0 Å². The van der Waals surface area contributed by atoms with Crippen molar-refractivity contribution in [3.8, 4) is 0 Å². The number of nitrogens with zero attached hydrogens (tertiary/aromatic N) is 1. The number of halogens is 1. The molecule has 1 heterocycles. The fourth-order valence-corrected chi connectivity index (χ4v) is 4.02. The number of fused-ring (bicyclic) bond motifs is 1. The van der Waals surface area contributed by atoms with Crippen LogP contribution >= 0.6 is 15.9 Å². The molecule has 1 saturated heterocycles. The van der Waals surface area contributed by atoms with Gasteiger partial charge in [0.1, 0.15) is 0 Å². The van der Waals surface area contributed by atoms with E-state index in [2.05, 4.69) is 44.3 Å². The predicted octanol–water partition coefficient (Wildman–Crippen LogP) is 3.40. The second kappa shape index (κ2) is 5.22. The van der Waals surface area contributed by atoms with Gasteiger partial charge in [0.25, 0.3) is 0 Å². The van der Waals surface area contributed by atoms with Gasteiger partial charge in [-0.1, -0.05) is 28.4 Å². The number of nitrogens with one attached hydrogen (secondary N) is 1. The lowest BCUT2D eigenvalue weighted by atomic mass is 10.0. The first-order valence-corrected chi connectivity index (χ1v) is 7.75. The minimum Gasteiger partial charge on any atom is -0.371 e. The van der Waals surface area contributed by atoms with Crippen LogP contribution in [0.15, 0.2) is 22.7 Å². The van der Waals surface area contributed by atoms with Gasteiger partial charge in [-0.05, 0) is 49.4 Å². The number of benzene rings is 1. The summed E-state index contributed by atoms with van der Waals surface area (Å²) >= 11 is 3.69. The van der Waals surface area contributed by atoms with Crippen molar-refractivity contribution in [3.63, 3.8) is 0 Å². The van der Waals surface area contributed by atoms with E-state index < -0.39 is 0 Å². The standard InChI is InChI=1S/C15H21BrN2/c1-17-8-11-5-6-14(7-15(11)16)18-9-12-3-2-4-13(12)10-18/h5-7,12-13,17H,2-4,8-10H2,1H3. The zero-order valence-corrected chi connectivity index (χ0v) is 12.5. The minimum atomic E-state index is 0.923. The van der Waals surface area contributed by atoms with Crippen LogP contribution in [0.2, 0.25) is 0 Å². The Labute approximate surface area is 118 Å². The van der Waals surface area contributed by atoms with Crippen molar-refractivity contribution < 1.29 is 0 Å². The molecule has 2 fully saturated rings. The molecule has 2 unspecified atom stereocenters. The van der Waals surface area contributed by atoms with E-state index >= 15 is 0 Å². The van der Waals surface area contributed by atoms with Gasteiger partial charge >= 0.3 is 0 Å². The summed E-state index contributed by atoms with van der Waals surface area (Å²) in [6.07, 6.45) is 4.34. The highest BCUT2D eigenvalue weighted by atomic mass is 79.9. The van der Waals surface area contributed by atoms with Gasteiger partial charge in [0, 0.05) is 29.8 Å². The van der Waals surface area contributed by atoms with Crippen LogP contribution in [-0.2, 0) is 6.54 Å². The van der Waals surface area contributed by atoms with Gasteiger partial charge in [0.15, 0.2) is 0 Å². The van der Waals surface area contributed by atoms with Gasteiger partial charge in [-0.15, -0.1) is 0 Å². The summed E-state index contributed by atoms with van der Waals surface area (Å²) in [4.78, 5) is 2.57. The second-order valence-corrected chi connectivity index (χ2v) is 6.52. The fourth-order valence-electron chi connectivity index (χ4n) is 3.51. The summed E-state index contributed by atoms with van der Waals surface area (Å²) in [5.74, 6) is 1.92. The molecule has 0 spiro atoms. The number of anilines is 1. The minimum absolute atomic E-state index is 0.923. The monoisotopic (exact) mass is 308 g/mol. The van der Waals surface area contributed by atoms with Gasteiger partial charge in [0.05, 0.1) is 0 Å². The maximum absolute atomic E-state index is 3.69. The number of hydrogen-bond acceptors (Lipinski definition) is 2. The highest BCUT2D eigenvalue weighted by molar-refractivity contribution is 9.10. The highest BCUT2D eigenvalue weighted by Crippen LogP contribution is 2.40. The van der Waals surface area contributed by atoms with Crippen LogP contribution in [0.3, 0.4) is 0 Å². The summed E-state index contributed by atoms with van der Waals surface area (Å²) in [7, 11) is 1.99. The van der Waals surface area contributed by atoms with Gasteiger partial charge in [0.2, 0.25) is 0 Å². The molecule has 3 heteroatoms. The zero-order valence-electron chi connectivity index (χ0n) is 11.0. The normalized spacial score (nSPS) is 26.7. The van der Waals surface area contributed by atoms with Gasteiger partial charge < -0.3 is 10.2 Å². The first-order chi connectivity index (χ1) is 8.78. The summed E-state index contributed by atoms with van der Waals surface area (Å²) in [6, 6.07) is 6.80.